The molecule has 0 aliphatic rings. The van der Waals surface area contributed by atoms with Gasteiger partial charge < -0.3 is 14.8 Å². The Labute approximate surface area is 218 Å². The molecule has 3 aromatic carbocycles. The zero-order valence-corrected chi connectivity index (χ0v) is 22.7. The molecule has 0 aromatic heterocycles. The number of hydrogen-bond donors (Lipinski definition) is 1. The van der Waals surface area contributed by atoms with Crippen molar-refractivity contribution in [2.24, 2.45) is 5.92 Å². The first-order valence-electron chi connectivity index (χ1n) is 12.8. The van der Waals surface area contributed by atoms with Crippen molar-refractivity contribution < 1.29 is 9.94 Å². The van der Waals surface area contributed by atoms with Crippen molar-refractivity contribution in [1.29, 1.82) is 0 Å². The number of allylic oxidation sites excluding steroid dienone is 2. The summed E-state index contributed by atoms with van der Waals surface area (Å²) in [4.78, 5) is 2.11. The molecule has 0 saturated heterocycles. The quantitative estimate of drug-likeness (QED) is 0.178. The summed E-state index contributed by atoms with van der Waals surface area (Å²) in [5.74, 6) is 1.06. The summed E-state index contributed by atoms with van der Waals surface area (Å²) in [5.41, 5.74) is 5.72. The Morgan fingerprint density at radius 2 is 1.33 bits per heavy atom. The molecule has 0 spiro atoms. The summed E-state index contributed by atoms with van der Waals surface area (Å²) in [6.07, 6.45) is 4.35. The second kappa shape index (κ2) is 15.7. The van der Waals surface area contributed by atoms with Crippen LogP contribution in [0, 0.1) is 5.92 Å². The summed E-state index contributed by atoms with van der Waals surface area (Å²) in [5, 5.41) is 10.9. The van der Waals surface area contributed by atoms with Crippen molar-refractivity contribution >= 4 is 11.1 Å². The van der Waals surface area contributed by atoms with Crippen LogP contribution in [-0.2, 0) is 0 Å². The van der Waals surface area contributed by atoms with E-state index in [9.17, 15) is 5.21 Å². The van der Waals surface area contributed by atoms with Gasteiger partial charge in [-0.3, -0.25) is 0 Å². The topological polar surface area (TPSA) is 35.9 Å². The SMILES string of the molecule is CC.CC(/C=C\C(=C(/c1ccccc1)c1ccc(OCCN(C)C)cc1)c1ccccc1)CN(C)O. The van der Waals surface area contributed by atoms with Gasteiger partial charge in [0.2, 0.25) is 0 Å². The predicted octanol–water partition coefficient (Wildman–Crippen LogP) is 7.13. The molecule has 1 atom stereocenters. The summed E-state index contributed by atoms with van der Waals surface area (Å²) in [6, 6.07) is 29.3. The molecule has 0 amide bonds. The number of hydrogen-bond acceptors (Lipinski definition) is 4. The van der Waals surface area contributed by atoms with Gasteiger partial charge >= 0.3 is 0 Å². The minimum absolute atomic E-state index is 0.193. The highest BCUT2D eigenvalue weighted by molar-refractivity contribution is 6.02. The van der Waals surface area contributed by atoms with Crippen molar-refractivity contribution in [1.82, 2.24) is 9.96 Å². The average molecular weight is 487 g/mol. The van der Waals surface area contributed by atoms with E-state index in [-0.39, 0.29) is 5.92 Å². The van der Waals surface area contributed by atoms with E-state index in [0.29, 0.717) is 13.2 Å². The first kappa shape index (κ1) is 29.1. The van der Waals surface area contributed by atoms with Crippen molar-refractivity contribution in [2.75, 3.05) is 40.8 Å². The van der Waals surface area contributed by atoms with Crippen molar-refractivity contribution in [3.05, 3.63) is 114 Å². The maximum absolute atomic E-state index is 9.66. The molecule has 0 bridgehead atoms. The second-order valence-corrected chi connectivity index (χ2v) is 8.87. The number of benzene rings is 3. The molecule has 1 N–H and O–H groups in total. The van der Waals surface area contributed by atoms with Crippen LogP contribution < -0.4 is 4.74 Å². The molecule has 0 fully saturated rings. The fraction of sp³-hybridized carbons (Fsp3) is 0.312. The van der Waals surface area contributed by atoms with Crippen LogP contribution >= 0.6 is 0 Å². The van der Waals surface area contributed by atoms with Crippen LogP contribution in [0.15, 0.2) is 97.1 Å². The Bertz CT molecular complexity index is 1060. The van der Waals surface area contributed by atoms with Crippen molar-refractivity contribution in [3.8, 4) is 5.75 Å². The molecule has 3 rings (SSSR count). The third-order valence-corrected chi connectivity index (χ3v) is 5.51. The number of hydroxylamine groups is 2. The summed E-state index contributed by atoms with van der Waals surface area (Å²) in [7, 11) is 5.76. The normalized spacial score (nSPS) is 12.8. The van der Waals surface area contributed by atoms with E-state index in [1.807, 2.05) is 52.2 Å². The maximum atomic E-state index is 9.66. The monoisotopic (exact) mass is 486 g/mol. The number of rotatable bonds is 11. The van der Waals surface area contributed by atoms with Gasteiger partial charge in [0, 0.05) is 20.1 Å². The van der Waals surface area contributed by atoms with Gasteiger partial charge in [0.15, 0.2) is 0 Å². The lowest BCUT2D eigenvalue weighted by molar-refractivity contribution is -0.0706. The molecule has 1 unspecified atom stereocenters. The van der Waals surface area contributed by atoms with Crippen molar-refractivity contribution in [3.63, 3.8) is 0 Å². The van der Waals surface area contributed by atoms with E-state index in [2.05, 4.69) is 84.6 Å². The molecule has 192 valence electrons. The first-order valence-corrected chi connectivity index (χ1v) is 12.8. The molecule has 3 aromatic rings. The molecule has 0 radical (unpaired) electrons. The van der Waals surface area contributed by atoms with Gasteiger partial charge in [0.05, 0.1) is 0 Å². The Morgan fingerprint density at radius 1 is 0.806 bits per heavy atom. The van der Waals surface area contributed by atoms with Gasteiger partial charge in [-0.2, -0.15) is 5.06 Å². The van der Waals surface area contributed by atoms with Crippen LogP contribution in [0.4, 0.5) is 0 Å². The molecule has 4 nitrogen and oxygen atoms in total. The maximum Gasteiger partial charge on any atom is 0.119 e. The van der Waals surface area contributed by atoms with Gasteiger partial charge in [0.25, 0.3) is 0 Å². The number of nitrogens with zero attached hydrogens (tertiary/aromatic N) is 2. The van der Waals surface area contributed by atoms with Crippen LogP contribution in [-0.4, -0.2) is 56.0 Å². The fourth-order valence-corrected chi connectivity index (χ4v) is 3.83. The highest BCUT2D eigenvalue weighted by atomic mass is 16.5. The van der Waals surface area contributed by atoms with Gasteiger partial charge in [-0.05, 0) is 60.0 Å². The van der Waals surface area contributed by atoms with Gasteiger partial charge in [-0.25, -0.2) is 0 Å². The highest BCUT2D eigenvalue weighted by Gasteiger charge is 2.13. The molecule has 36 heavy (non-hydrogen) atoms. The Kier molecular flexibility index (Phi) is 12.7. The molecule has 4 heteroatoms. The zero-order valence-electron chi connectivity index (χ0n) is 22.7. The average Bonchev–Trinajstić information content (AvgIpc) is 2.89. The predicted molar refractivity (Wildman–Crippen MR) is 153 cm³/mol. The summed E-state index contributed by atoms with van der Waals surface area (Å²) in [6.45, 7) is 8.20. The third kappa shape index (κ3) is 9.46. The molecule has 0 aliphatic heterocycles. The van der Waals surface area contributed by atoms with E-state index >= 15 is 0 Å². The Balaban J connectivity index is 0.00000222. The van der Waals surface area contributed by atoms with Gasteiger partial charge in [-0.1, -0.05) is 106 Å². The minimum atomic E-state index is 0.193. The van der Waals surface area contributed by atoms with E-state index in [1.54, 1.807) is 7.05 Å². The molecule has 0 aliphatic carbocycles. The lowest BCUT2D eigenvalue weighted by Crippen LogP contribution is -2.19. The van der Waals surface area contributed by atoms with Crippen LogP contribution in [0.2, 0.25) is 0 Å². The van der Waals surface area contributed by atoms with E-state index in [0.717, 1.165) is 40.1 Å². The first-order chi connectivity index (χ1) is 17.4. The Hall–Kier alpha value is -3.18. The highest BCUT2D eigenvalue weighted by Crippen LogP contribution is 2.34. The van der Waals surface area contributed by atoms with Crippen LogP contribution in [0.5, 0.6) is 5.75 Å². The molecule has 0 saturated carbocycles. The van der Waals surface area contributed by atoms with E-state index in [4.69, 9.17) is 4.74 Å². The number of likely N-dealkylation sites (N-methyl/N-ethyl adjacent to an activating group) is 1. The van der Waals surface area contributed by atoms with Crippen LogP contribution in [0.3, 0.4) is 0 Å². The molecular weight excluding hydrogens is 444 g/mol. The van der Waals surface area contributed by atoms with E-state index < -0.39 is 0 Å². The lowest BCUT2D eigenvalue weighted by atomic mass is 9.88. The lowest BCUT2D eigenvalue weighted by Gasteiger charge is -2.17. The zero-order chi connectivity index (χ0) is 26.3. The summed E-state index contributed by atoms with van der Waals surface area (Å²) >= 11 is 0. The Morgan fingerprint density at radius 3 is 1.86 bits per heavy atom. The number of ether oxygens (including phenoxy) is 1. The fourth-order valence-electron chi connectivity index (χ4n) is 3.83. The van der Waals surface area contributed by atoms with Gasteiger partial charge in [0.1, 0.15) is 12.4 Å². The third-order valence-electron chi connectivity index (χ3n) is 5.51. The van der Waals surface area contributed by atoms with Crippen LogP contribution in [0.1, 0.15) is 37.5 Å². The molecular formula is C32H42N2O2. The van der Waals surface area contributed by atoms with Gasteiger partial charge in [-0.15, -0.1) is 0 Å². The standard InChI is InChI=1S/C30H36N2O2.C2H6/c1-24(23-32(4)33)15-20-29(25-11-7-5-8-12-25)30(26-13-9-6-10-14-26)27-16-18-28(19-17-27)34-22-21-31(2)3;1-2/h5-20,24,33H,21-23H2,1-4H3;1-2H3/b20-15-,30-29-;. The van der Waals surface area contributed by atoms with Crippen molar-refractivity contribution in [2.45, 2.75) is 20.8 Å². The van der Waals surface area contributed by atoms with Crippen LogP contribution in [0.25, 0.3) is 11.1 Å². The minimum Gasteiger partial charge on any atom is -0.492 e. The van der Waals surface area contributed by atoms with E-state index in [1.165, 1.54) is 5.06 Å². The second-order valence-electron chi connectivity index (χ2n) is 8.87. The largest absolute Gasteiger partial charge is 0.492 e. The smallest absolute Gasteiger partial charge is 0.119 e. The summed E-state index contributed by atoms with van der Waals surface area (Å²) < 4.78 is 5.92. The molecule has 0 heterocycles.